The lowest BCUT2D eigenvalue weighted by molar-refractivity contribution is -0.00505. The van der Waals surface area contributed by atoms with E-state index in [0.29, 0.717) is 11.8 Å². The van der Waals surface area contributed by atoms with Crippen molar-refractivity contribution >= 4 is 9.24 Å². The predicted molar refractivity (Wildman–Crippen MR) is 90.7 cm³/mol. The number of unbranched alkanes of at least 4 members (excludes halogenated alkanes) is 5. The summed E-state index contributed by atoms with van der Waals surface area (Å²) in [7, 11) is 3.00. The van der Waals surface area contributed by atoms with Crippen LogP contribution >= 0.6 is 9.24 Å². The van der Waals surface area contributed by atoms with Crippen LogP contribution in [0.1, 0.15) is 86.0 Å². The molecular weight excluding hydrogens is 251 g/mol. The average molecular weight is 288 g/mol. The third-order valence-electron chi connectivity index (χ3n) is 3.39. The van der Waals surface area contributed by atoms with Gasteiger partial charge in [0.2, 0.25) is 0 Å². The third-order valence-corrected chi connectivity index (χ3v) is 4.03. The van der Waals surface area contributed by atoms with Crippen LogP contribution in [0.25, 0.3) is 0 Å². The molecule has 1 atom stereocenters. The standard InChI is InChI=1S/C17H37OP/c1-6-7-8-9-10-11-12-18-17(19,13-15(2)3)14-16(4)5/h15-16H,6-14,19H2,1-5H3. The zero-order chi connectivity index (χ0) is 14.7. The minimum absolute atomic E-state index is 0.00571. The monoisotopic (exact) mass is 288 g/mol. The van der Waals surface area contributed by atoms with Crippen LogP contribution in [0.4, 0.5) is 0 Å². The fraction of sp³-hybridized carbons (Fsp3) is 1.00. The largest absolute Gasteiger partial charge is 0.371 e. The van der Waals surface area contributed by atoms with Gasteiger partial charge in [0.15, 0.2) is 0 Å². The Morgan fingerprint density at radius 2 is 1.32 bits per heavy atom. The molecule has 0 fully saturated rings. The lowest BCUT2D eigenvalue weighted by Crippen LogP contribution is -2.29. The smallest absolute Gasteiger partial charge is 0.0818 e. The van der Waals surface area contributed by atoms with Gasteiger partial charge in [-0.1, -0.05) is 66.7 Å². The molecule has 0 radical (unpaired) electrons. The van der Waals surface area contributed by atoms with Crippen LogP contribution in [0.3, 0.4) is 0 Å². The van der Waals surface area contributed by atoms with Crippen molar-refractivity contribution in [2.45, 2.75) is 91.3 Å². The number of rotatable bonds is 12. The van der Waals surface area contributed by atoms with Gasteiger partial charge in [0.05, 0.1) is 5.34 Å². The molecule has 0 aromatic heterocycles. The molecule has 0 heterocycles. The first kappa shape index (κ1) is 19.4. The lowest BCUT2D eigenvalue weighted by atomic mass is 9.97. The first-order valence-corrected chi connectivity index (χ1v) is 8.90. The fourth-order valence-electron chi connectivity index (χ4n) is 2.74. The molecule has 0 amide bonds. The third kappa shape index (κ3) is 11.9. The molecule has 2 heteroatoms. The second-order valence-corrected chi connectivity index (χ2v) is 7.93. The molecule has 0 saturated carbocycles. The van der Waals surface area contributed by atoms with Crippen molar-refractivity contribution in [3.63, 3.8) is 0 Å². The van der Waals surface area contributed by atoms with E-state index in [1.165, 1.54) is 38.5 Å². The van der Waals surface area contributed by atoms with Crippen molar-refractivity contribution in [3.8, 4) is 0 Å². The second kappa shape index (κ2) is 11.1. The predicted octanol–water partition coefficient (Wildman–Crippen LogP) is 6.03. The Hall–Kier alpha value is 0.390. The highest BCUT2D eigenvalue weighted by atomic mass is 31.0. The molecule has 0 bridgehead atoms. The summed E-state index contributed by atoms with van der Waals surface area (Å²) in [4.78, 5) is 0. The van der Waals surface area contributed by atoms with Crippen molar-refractivity contribution in [1.82, 2.24) is 0 Å². The molecular formula is C17H37OP. The molecule has 116 valence electrons. The summed E-state index contributed by atoms with van der Waals surface area (Å²) in [6, 6.07) is 0. The topological polar surface area (TPSA) is 9.23 Å². The van der Waals surface area contributed by atoms with Crippen LogP contribution in [0.5, 0.6) is 0 Å². The Morgan fingerprint density at radius 1 is 0.842 bits per heavy atom. The first-order valence-electron chi connectivity index (χ1n) is 8.32. The molecule has 0 rings (SSSR count). The summed E-state index contributed by atoms with van der Waals surface area (Å²) in [5.41, 5.74) is 0. The van der Waals surface area contributed by atoms with Gasteiger partial charge in [-0.3, -0.25) is 0 Å². The van der Waals surface area contributed by atoms with Crippen LogP contribution in [-0.4, -0.2) is 11.9 Å². The minimum atomic E-state index is 0.00571. The highest BCUT2D eigenvalue weighted by Gasteiger charge is 2.27. The van der Waals surface area contributed by atoms with E-state index in [4.69, 9.17) is 4.74 Å². The summed E-state index contributed by atoms with van der Waals surface area (Å²) >= 11 is 0. The van der Waals surface area contributed by atoms with Crippen LogP contribution in [-0.2, 0) is 4.74 Å². The van der Waals surface area contributed by atoms with Gasteiger partial charge in [0, 0.05) is 6.61 Å². The van der Waals surface area contributed by atoms with Crippen molar-refractivity contribution in [2.75, 3.05) is 6.61 Å². The maximum absolute atomic E-state index is 6.22. The highest BCUT2D eigenvalue weighted by molar-refractivity contribution is 7.18. The number of ether oxygens (including phenoxy) is 1. The van der Waals surface area contributed by atoms with E-state index in [1.54, 1.807) is 0 Å². The van der Waals surface area contributed by atoms with Gasteiger partial charge >= 0.3 is 0 Å². The summed E-state index contributed by atoms with van der Waals surface area (Å²) < 4.78 is 6.22. The molecule has 0 aromatic carbocycles. The SMILES string of the molecule is CCCCCCCCOC(P)(CC(C)C)CC(C)C. The maximum atomic E-state index is 6.22. The minimum Gasteiger partial charge on any atom is -0.371 e. The zero-order valence-electron chi connectivity index (χ0n) is 14.0. The normalized spacial score (nSPS) is 12.6. The summed E-state index contributed by atoms with van der Waals surface area (Å²) in [5.74, 6) is 1.39. The van der Waals surface area contributed by atoms with E-state index in [1.807, 2.05) is 0 Å². The van der Waals surface area contributed by atoms with Crippen LogP contribution in [0.2, 0.25) is 0 Å². The molecule has 0 N–H and O–H groups in total. The van der Waals surface area contributed by atoms with Crippen molar-refractivity contribution in [2.24, 2.45) is 11.8 Å². The van der Waals surface area contributed by atoms with E-state index >= 15 is 0 Å². The first-order chi connectivity index (χ1) is 8.89. The van der Waals surface area contributed by atoms with Gasteiger partial charge in [-0.25, -0.2) is 0 Å². The molecule has 0 aliphatic rings. The summed E-state index contributed by atoms with van der Waals surface area (Å²) in [5, 5.41) is 0.00571. The Kier molecular flexibility index (Phi) is 11.3. The Labute approximate surface area is 124 Å². The Bertz CT molecular complexity index is 191. The Morgan fingerprint density at radius 3 is 1.79 bits per heavy atom. The summed E-state index contributed by atoms with van der Waals surface area (Å²) in [6.45, 7) is 12.3. The summed E-state index contributed by atoms with van der Waals surface area (Å²) in [6.07, 6.45) is 10.3. The molecule has 0 aliphatic heterocycles. The van der Waals surface area contributed by atoms with E-state index < -0.39 is 0 Å². The highest BCUT2D eigenvalue weighted by Crippen LogP contribution is 2.35. The van der Waals surface area contributed by atoms with Gasteiger partial charge in [0.25, 0.3) is 0 Å². The fourth-order valence-corrected chi connectivity index (χ4v) is 3.80. The lowest BCUT2D eigenvalue weighted by Gasteiger charge is -2.33. The molecule has 19 heavy (non-hydrogen) atoms. The van der Waals surface area contributed by atoms with Crippen LogP contribution < -0.4 is 0 Å². The molecule has 1 unspecified atom stereocenters. The van der Waals surface area contributed by atoms with Gasteiger partial charge in [-0.2, -0.15) is 0 Å². The van der Waals surface area contributed by atoms with Crippen molar-refractivity contribution in [3.05, 3.63) is 0 Å². The molecule has 0 spiro atoms. The number of hydrogen-bond acceptors (Lipinski definition) is 1. The van der Waals surface area contributed by atoms with E-state index in [0.717, 1.165) is 19.4 Å². The second-order valence-electron chi connectivity index (χ2n) is 6.88. The van der Waals surface area contributed by atoms with Crippen LogP contribution in [0.15, 0.2) is 0 Å². The van der Waals surface area contributed by atoms with Gasteiger partial charge < -0.3 is 4.74 Å². The van der Waals surface area contributed by atoms with Gasteiger partial charge in [-0.05, 0) is 31.1 Å². The maximum Gasteiger partial charge on any atom is 0.0818 e. The molecule has 0 saturated heterocycles. The van der Waals surface area contributed by atoms with E-state index in [2.05, 4.69) is 43.9 Å². The average Bonchev–Trinajstić information content (AvgIpc) is 2.25. The quantitative estimate of drug-likeness (QED) is 0.315. The molecule has 0 aromatic rings. The molecule has 1 nitrogen and oxygen atoms in total. The Balaban J connectivity index is 3.86. The zero-order valence-corrected chi connectivity index (χ0v) is 15.2. The van der Waals surface area contributed by atoms with Gasteiger partial charge in [-0.15, -0.1) is 9.24 Å². The van der Waals surface area contributed by atoms with E-state index in [9.17, 15) is 0 Å². The number of hydrogen-bond donors (Lipinski definition) is 0. The van der Waals surface area contributed by atoms with Crippen molar-refractivity contribution < 1.29 is 4.74 Å². The van der Waals surface area contributed by atoms with Crippen LogP contribution in [0, 0.1) is 11.8 Å². The van der Waals surface area contributed by atoms with Gasteiger partial charge in [0.1, 0.15) is 0 Å². The molecule has 0 aliphatic carbocycles. The van der Waals surface area contributed by atoms with E-state index in [-0.39, 0.29) is 5.34 Å². The van der Waals surface area contributed by atoms with Crippen molar-refractivity contribution in [1.29, 1.82) is 0 Å².